The monoisotopic (exact) mass is 244 g/mol. The lowest BCUT2D eigenvalue weighted by Crippen LogP contribution is -2.03. The number of rotatable bonds is 4. The summed E-state index contributed by atoms with van der Waals surface area (Å²) in [5.74, 6) is -0.890. The van der Waals surface area contributed by atoms with Crippen molar-refractivity contribution in [2.75, 3.05) is 13.6 Å². The van der Waals surface area contributed by atoms with Crippen LogP contribution in [0.4, 0.5) is 10.1 Å². The van der Waals surface area contributed by atoms with Gasteiger partial charge in [0.15, 0.2) is 0 Å². The molecule has 0 bridgehead atoms. The van der Waals surface area contributed by atoms with Crippen molar-refractivity contribution in [2.45, 2.75) is 0 Å². The van der Waals surface area contributed by atoms with Crippen LogP contribution in [-0.2, 0) is 0 Å². The summed E-state index contributed by atoms with van der Waals surface area (Å²) in [6.45, 7) is 0.606. The van der Waals surface area contributed by atoms with Gasteiger partial charge >= 0.3 is 5.69 Å². The fourth-order valence-corrected chi connectivity index (χ4v) is 1.34. The number of likely N-dealkylation sites (N-methyl/N-ethyl adjacent to an activating group) is 1. The zero-order valence-corrected chi connectivity index (χ0v) is 9.29. The number of halogens is 2. The van der Waals surface area contributed by atoms with Gasteiger partial charge in [-0.3, -0.25) is 10.1 Å². The van der Waals surface area contributed by atoms with Gasteiger partial charge in [-0.1, -0.05) is 23.8 Å². The normalized spacial score (nSPS) is 10.9. The van der Waals surface area contributed by atoms with Gasteiger partial charge in [-0.05, 0) is 18.7 Å². The fourth-order valence-electron chi connectivity index (χ4n) is 1.12. The van der Waals surface area contributed by atoms with Crippen LogP contribution in [0.5, 0.6) is 0 Å². The lowest BCUT2D eigenvalue weighted by molar-refractivity contribution is -0.387. The van der Waals surface area contributed by atoms with Gasteiger partial charge in [-0.15, -0.1) is 0 Å². The summed E-state index contributed by atoms with van der Waals surface area (Å²) >= 11 is 5.78. The zero-order valence-electron chi connectivity index (χ0n) is 8.54. The summed E-state index contributed by atoms with van der Waals surface area (Å²) in [4.78, 5) is 9.62. The lowest BCUT2D eigenvalue weighted by Gasteiger charge is -2.00. The maximum absolute atomic E-state index is 13.2. The molecule has 0 aliphatic carbocycles. The van der Waals surface area contributed by atoms with E-state index in [0.717, 1.165) is 12.1 Å². The standard InChI is InChI=1S/C10H10ClFN2O2/c1-13-4-2-3-7-5-9(12)10(14(15)16)6-8(7)11/h2-3,5-6,13H,4H2,1H3. The minimum Gasteiger partial charge on any atom is -0.316 e. The molecule has 1 aromatic rings. The molecule has 1 N–H and O–H groups in total. The highest BCUT2D eigenvalue weighted by atomic mass is 35.5. The Balaban J connectivity index is 3.05. The molecule has 0 heterocycles. The van der Waals surface area contributed by atoms with Gasteiger partial charge in [0.1, 0.15) is 0 Å². The van der Waals surface area contributed by atoms with Gasteiger partial charge in [-0.2, -0.15) is 4.39 Å². The molecule has 86 valence electrons. The van der Waals surface area contributed by atoms with E-state index in [0.29, 0.717) is 12.1 Å². The van der Waals surface area contributed by atoms with Crippen molar-refractivity contribution in [3.8, 4) is 0 Å². The van der Waals surface area contributed by atoms with Gasteiger partial charge in [-0.25, -0.2) is 0 Å². The van der Waals surface area contributed by atoms with Crippen LogP contribution in [0.2, 0.25) is 5.02 Å². The van der Waals surface area contributed by atoms with Crippen LogP contribution in [0, 0.1) is 15.9 Å². The minimum absolute atomic E-state index is 0.153. The molecule has 0 aromatic heterocycles. The number of nitro groups is 1. The number of nitrogens with zero attached hydrogens (tertiary/aromatic N) is 1. The highest BCUT2D eigenvalue weighted by molar-refractivity contribution is 6.32. The summed E-state index contributed by atoms with van der Waals surface area (Å²) in [7, 11) is 1.77. The molecule has 0 unspecified atom stereocenters. The third kappa shape index (κ3) is 3.01. The molecule has 0 spiro atoms. The molecule has 16 heavy (non-hydrogen) atoms. The average Bonchev–Trinajstić information content (AvgIpc) is 2.22. The minimum atomic E-state index is -0.890. The lowest BCUT2D eigenvalue weighted by atomic mass is 10.2. The Morgan fingerprint density at radius 2 is 2.31 bits per heavy atom. The van der Waals surface area contributed by atoms with E-state index in [1.165, 1.54) is 0 Å². The summed E-state index contributed by atoms with van der Waals surface area (Å²) in [6.07, 6.45) is 3.35. The molecule has 6 heteroatoms. The Hall–Kier alpha value is -1.46. The van der Waals surface area contributed by atoms with Crippen LogP contribution in [0.3, 0.4) is 0 Å². The zero-order chi connectivity index (χ0) is 12.1. The highest BCUT2D eigenvalue weighted by Crippen LogP contribution is 2.26. The van der Waals surface area contributed by atoms with E-state index in [4.69, 9.17) is 11.6 Å². The first kappa shape index (κ1) is 12.6. The molecule has 0 amide bonds. The van der Waals surface area contributed by atoms with Gasteiger partial charge in [0, 0.05) is 12.6 Å². The highest BCUT2D eigenvalue weighted by Gasteiger charge is 2.16. The van der Waals surface area contributed by atoms with Crippen molar-refractivity contribution in [3.05, 3.63) is 44.7 Å². The molecule has 1 rings (SSSR count). The predicted octanol–water partition coefficient (Wildman–Crippen LogP) is 2.62. The second kappa shape index (κ2) is 5.58. The summed E-state index contributed by atoms with van der Waals surface area (Å²) < 4.78 is 13.2. The van der Waals surface area contributed by atoms with Crippen LogP contribution in [0.1, 0.15) is 5.56 Å². The number of hydrogen-bond donors (Lipinski definition) is 1. The molecular weight excluding hydrogens is 235 g/mol. The van der Waals surface area contributed by atoms with E-state index in [1.54, 1.807) is 19.2 Å². The molecular formula is C10H10ClFN2O2. The van der Waals surface area contributed by atoms with E-state index in [-0.39, 0.29) is 5.02 Å². The van der Waals surface area contributed by atoms with Crippen LogP contribution < -0.4 is 5.32 Å². The van der Waals surface area contributed by atoms with Crippen molar-refractivity contribution in [2.24, 2.45) is 0 Å². The molecule has 0 radical (unpaired) electrons. The third-order valence-corrected chi connectivity index (χ3v) is 2.21. The maximum atomic E-state index is 13.2. The second-order valence-electron chi connectivity index (χ2n) is 3.04. The van der Waals surface area contributed by atoms with E-state index in [2.05, 4.69) is 5.32 Å². The summed E-state index contributed by atoms with van der Waals surface area (Å²) in [5, 5.41) is 13.4. The molecule has 1 aromatic carbocycles. The summed E-state index contributed by atoms with van der Waals surface area (Å²) in [5.41, 5.74) is -0.198. The largest absolute Gasteiger partial charge is 0.316 e. The topological polar surface area (TPSA) is 55.2 Å². The van der Waals surface area contributed by atoms with Gasteiger partial charge < -0.3 is 5.32 Å². The first-order chi connectivity index (χ1) is 7.56. The van der Waals surface area contributed by atoms with Crippen molar-refractivity contribution in [1.29, 1.82) is 0 Å². The molecule has 0 aliphatic heterocycles. The summed E-state index contributed by atoms with van der Waals surface area (Å²) in [6, 6.07) is 2.06. The Bertz CT molecular complexity index is 435. The first-order valence-corrected chi connectivity index (χ1v) is 4.88. The fraction of sp³-hybridized carbons (Fsp3) is 0.200. The first-order valence-electron chi connectivity index (χ1n) is 4.51. The van der Waals surface area contributed by atoms with E-state index in [1.807, 2.05) is 0 Å². The van der Waals surface area contributed by atoms with E-state index >= 15 is 0 Å². The second-order valence-corrected chi connectivity index (χ2v) is 3.45. The Morgan fingerprint density at radius 1 is 1.62 bits per heavy atom. The SMILES string of the molecule is CNCC=Cc1cc(F)c([N+](=O)[O-])cc1Cl. The molecule has 0 atom stereocenters. The third-order valence-electron chi connectivity index (χ3n) is 1.88. The smallest absolute Gasteiger partial charge is 0.306 e. The number of hydrogen-bond acceptors (Lipinski definition) is 3. The van der Waals surface area contributed by atoms with Crippen LogP contribution in [0.25, 0.3) is 6.08 Å². The van der Waals surface area contributed by atoms with Crippen LogP contribution in [0.15, 0.2) is 18.2 Å². The Kier molecular flexibility index (Phi) is 4.39. The van der Waals surface area contributed by atoms with Crippen molar-refractivity contribution < 1.29 is 9.31 Å². The van der Waals surface area contributed by atoms with Crippen LogP contribution in [-0.4, -0.2) is 18.5 Å². The Morgan fingerprint density at radius 3 is 2.88 bits per heavy atom. The average molecular weight is 245 g/mol. The van der Waals surface area contributed by atoms with Gasteiger partial charge in [0.25, 0.3) is 0 Å². The molecule has 4 nitrogen and oxygen atoms in total. The van der Waals surface area contributed by atoms with Gasteiger partial charge in [0.2, 0.25) is 5.82 Å². The number of nitro benzene ring substituents is 1. The predicted molar refractivity (Wildman–Crippen MR) is 61.0 cm³/mol. The van der Waals surface area contributed by atoms with E-state index < -0.39 is 16.4 Å². The quantitative estimate of drug-likeness (QED) is 0.654. The van der Waals surface area contributed by atoms with Gasteiger partial charge in [0.05, 0.1) is 9.95 Å². The molecule has 0 aliphatic rings. The van der Waals surface area contributed by atoms with Crippen molar-refractivity contribution >= 4 is 23.4 Å². The maximum Gasteiger partial charge on any atom is 0.306 e. The molecule has 0 fully saturated rings. The van der Waals surface area contributed by atoms with Crippen LogP contribution >= 0.6 is 11.6 Å². The molecule has 0 saturated heterocycles. The van der Waals surface area contributed by atoms with Crippen molar-refractivity contribution in [3.63, 3.8) is 0 Å². The number of benzene rings is 1. The Labute approximate surface area is 96.9 Å². The molecule has 0 saturated carbocycles. The van der Waals surface area contributed by atoms with Crippen molar-refractivity contribution in [1.82, 2.24) is 5.32 Å². The number of nitrogens with one attached hydrogen (secondary N) is 1. The van der Waals surface area contributed by atoms with E-state index in [9.17, 15) is 14.5 Å².